The van der Waals surface area contributed by atoms with Crippen molar-refractivity contribution in [3.63, 3.8) is 0 Å². The van der Waals surface area contributed by atoms with Gasteiger partial charge in [0.2, 0.25) is 0 Å². The van der Waals surface area contributed by atoms with Gasteiger partial charge in [-0.15, -0.1) is 0 Å². The van der Waals surface area contributed by atoms with Gasteiger partial charge in [0.15, 0.2) is 0 Å². The van der Waals surface area contributed by atoms with Crippen LogP contribution in [0.2, 0.25) is 0 Å². The highest BCUT2D eigenvalue weighted by Gasteiger charge is 2.15. The quantitative estimate of drug-likeness (QED) is 0.886. The summed E-state index contributed by atoms with van der Waals surface area (Å²) in [6.45, 7) is 7.08. The zero-order valence-corrected chi connectivity index (χ0v) is 12.2. The van der Waals surface area contributed by atoms with E-state index in [9.17, 15) is 0 Å². The third-order valence-electron chi connectivity index (χ3n) is 3.45. The second-order valence-corrected chi connectivity index (χ2v) is 5.47. The molecule has 102 valence electrons. The molecule has 0 aliphatic carbocycles. The van der Waals surface area contributed by atoms with Gasteiger partial charge in [-0.2, -0.15) is 0 Å². The molecule has 0 aliphatic rings. The van der Waals surface area contributed by atoms with Gasteiger partial charge in [0, 0.05) is 24.7 Å². The van der Waals surface area contributed by atoms with E-state index in [4.69, 9.17) is 4.74 Å². The first-order valence-electron chi connectivity index (χ1n) is 6.67. The number of anilines is 1. The minimum Gasteiger partial charge on any atom is -0.383 e. The number of ether oxygens (including phenoxy) is 1. The monoisotopic (exact) mass is 258 g/mol. The second-order valence-electron chi connectivity index (χ2n) is 5.47. The maximum absolute atomic E-state index is 5.43. The summed E-state index contributed by atoms with van der Waals surface area (Å²) < 4.78 is 5.43. The average molecular weight is 258 g/mol. The first-order valence-corrected chi connectivity index (χ1v) is 6.67. The lowest BCUT2D eigenvalue weighted by atomic mass is 10.1. The lowest BCUT2D eigenvalue weighted by Gasteiger charge is -2.23. The summed E-state index contributed by atoms with van der Waals surface area (Å²) in [5, 5.41) is 4.63. The molecule has 0 spiro atoms. The van der Waals surface area contributed by atoms with E-state index in [-0.39, 0.29) is 5.60 Å². The first kappa shape index (κ1) is 13.8. The smallest absolute Gasteiger partial charge is 0.0936 e. The number of para-hydroxylation sites is 1. The normalized spacial score (nSPS) is 11.8. The topological polar surface area (TPSA) is 34.1 Å². The number of hydrogen-bond donors (Lipinski definition) is 1. The summed E-state index contributed by atoms with van der Waals surface area (Å²) in [4.78, 5) is 4.62. The number of rotatable bonds is 5. The van der Waals surface area contributed by atoms with E-state index >= 15 is 0 Å². The number of methoxy groups -OCH3 is 1. The lowest BCUT2D eigenvalue weighted by molar-refractivity contribution is 0.0185. The molecule has 0 amide bonds. The zero-order chi connectivity index (χ0) is 13.9. The molecule has 2 aromatic rings. The Labute approximate surface area is 115 Å². The van der Waals surface area contributed by atoms with Gasteiger partial charge in [-0.25, -0.2) is 0 Å². The Balaban J connectivity index is 2.14. The SMILES string of the molecule is COC(C)(C)CCNc1cccc2ccc(C)nc12. The summed E-state index contributed by atoms with van der Waals surface area (Å²) in [7, 11) is 1.75. The third kappa shape index (κ3) is 3.44. The van der Waals surface area contributed by atoms with Crippen molar-refractivity contribution in [2.24, 2.45) is 0 Å². The van der Waals surface area contributed by atoms with E-state index in [2.05, 4.69) is 48.4 Å². The Morgan fingerprint density at radius 2 is 2.00 bits per heavy atom. The van der Waals surface area contributed by atoms with Crippen LogP contribution in [0.5, 0.6) is 0 Å². The van der Waals surface area contributed by atoms with Gasteiger partial charge in [-0.3, -0.25) is 4.98 Å². The molecule has 1 aromatic carbocycles. The minimum atomic E-state index is -0.0963. The van der Waals surface area contributed by atoms with Crippen LogP contribution in [0.4, 0.5) is 5.69 Å². The molecule has 3 heteroatoms. The molecule has 0 saturated heterocycles. The highest BCUT2D eigenvalue weighted by atomic mass is 16.5. The van der Waals surface area contributed by atoms with Crippen LogP contribution >= 0.6 is 0 Å². The summed E-state index contributed by atoms with van der Waals surface area (Å²) in [5.41, 5.74) is 3.07. The third-order valence-corrected chi connectivity index (χ3v) is 3.45. The maximum Gasteiger partial charge on any atom is 0.0936 e. The summed E-state index contributed by atoms with van der Waals surface area (Å²) in [5.74, 6) is 0. The van der Waals surface area contributed by atoms with E-state index in [0.717, 1.165) is 29.9 Å². The van der Waals surface area contributed by atoms with Crippen molar-refractivity contribution in [2.75, 3.05) is 19.0 Å². The molecule has 0 fully saturated rings. The summed E-state index contributed by atoms with van der Waals surface area (Å²) in [6.07, 6.45) is 0.950. The number of aryl methyl sites for hydroxylation is 1. The predicted molar refractivity (Wildman–Crippen MR) is 80.7 cm³/mol. The van der Waals surface area contributed by atoms with E-state index in [0.29, 0.717) is 0 Å². The van der Waals surface area contributed by atoms with Crippen molar-refractivity contribution >= 4 is 16.6 Å². The molecule has 0 unspecified atom stereocenters. The summed E-state index contributed by atoms with van der Waals surface area (Å²) >= 11 is 0. The van der Waals surface area contributed by atoms with Crippen LogP contribution in [0.3, 0.4) is 0 Å². The van der Waals surface area contributed by atoms with Gasteiger partial charge in [0.25, 0.3) is 0 Å². The van der Waals surface area contributed by atoms with E-state index in [1.807, 2.05) is 13.0 Å². The van der Waals surface area contributed by atoms with Crippen molar-refractivity contribution < 1.29 is 4.74 Å². The van der Waals surface area contributed by atoms with Crippen molar-refractivity contribution in [3.05, 3.63) is 36.0 Å². The Hall–Kier alpha value is -1.61. The van der Waals surface area contributed by atoms with Crippen LogP contribution in [0, 0.1) is 6.92 Å². The van der Waals surface area contributed by atoms with Crippen LogP contribution in [0.15, 0.2) is 30.3 Å². The molecule has 1 heterocycles. The van der Waals surface area contributed by atoms with Crippen molar-refractivity contribution in [3.8, 4) is 0 Å². The number of aromatic nitrogens is 1. The number of nitrogens with one attached hydrogen (secondary N) is 1. The molecular formula is C16H22N2O. The van der Waals surface area contributed by atoms with Gasteiger partial charge in [-0.05, 0) is 39.3 Å². The van der Waals surface area contributed by atoms with Crippen LogP contribution in [0.25, 0.3) is 10.9 Å². The average Bonchev–Trinajstić information content (AvgIpc) is 2.39. The molecule has 1 aromatic heterocycles. The van der Waals surface area contributed by atoms with Gasteiger partial charge < -0.3 is 10.1 Å². The van der Waals surface area contributed by atoms with E-state index in [1.165, 1.54) is 5.39 Å². The number of hydrogen-bond acceptors (Lipinski definition) is 3. The zero-order valence-electron chi connectivity index (χ0n) is 12.2. The molecule has 0 radical (unpaired) electrons. The van der Waals surface area contributed by atoms with Gasteiger partial charge in [-0.1, -0.05) is 18.2 Å². The number of fused-ring (bicyclic) bond motifs is 1. The van der Waals surface area contributed by atoms with Gasteiger partial charge in [0.05, 0.1) is 16.8 Å². The molecule has 1 N–H and O–H groups in total. The van der Waals surface area contributed by atoms with Crippen molar-refractivity contribution in [1.82, 2.24) is 4.98 Å². The van der Waals surface area contributed by atoms with Gasteiger partial charge >= 0.3 is 0 Å². The van der Waals surface area contributed by atoms with E-state index in [1.54, 1.807) is 7.11 Å². The Kier molecular flexibility index (Phi) is 4.05. The molecule has 19 heavy (non-hydrogen) atoms. The molecule has 2 rings (SSSR count). The fourth-order valence-electron chi connectivity index (χ4n) is 1.99. The largest absolute Gasteiger partial charge is 0.383 e. The lowest BCUT2D eigenvalue weighted by Crippen LogP contribution is -2.25. The molecule has 3 nitrogen and oxygen atoms in total. The van der Waals surface area contributed by atoms with Crippen LogP contribution in [-0.4, -0.2) is 24.2 Å². The summed E-state index contributed by atoms with van der Waals surface area (Å²) in [6, 6.07) is 10.4. The first-order chi connectivity index (χ1) is 9.02. The van der Waals surface area contributed by atoms with Crippen molar-refractivity contribution in [1.29, 1.82) is 0 Å². The number of benzene rings is 1. The highest BCUT2D eigenvalue weighted by molar-refractivity contribution is 5.90. The molecule has 0 aliphatic heterocycles. The molecule has 0 bridgehead atoms. The Morgan fingerprint density at radius 3 is 2.74 bits per heavy atom. The number of pyridine rings is 1. The molecule has 0 atom stereocenters. The van der Waals surface area contributed by atoms with Crippen LogP contribution in [-0.2, 0) is 4.74 Å². The minimum absolute atomic E-state index is 0.0963. The van der Waals surface area contributed by atoms with Crippen molar-refractivity contribution in [2.45, 2.75) is 32.8 Å². The Bertz CT molecular complexity index is 564. The Morgan fingerprint density at radius 1 is 1.21 bits per heavy atom. The van der Waals surface area contributed by atoms with E-state index < -0.39 is 0 Å². The number of nitrogens with zero attached hydrogens (tertiary/aromatic N) is 1. The standard InChI is InChI=1S/C16H22N2O/c1-12-8-9-13-6-5-7-14(15(13)18-12)17-11-10-16(2,3)19-4/h5-9,17H,10-11H2,1-4H3. The van der Waals surface area contributed by atoms with Gasteiger partial charge in [0.1, 0.15) is 0 Å². The fraction of sp³-hybridized carbons (Fsp3) is 0.438. The fourth-order valence-corrected chi connectivity index (χ4v) is 1.99. The van der Waals surface area contributed by atoms with Crippen LogP contribution in [0.1, 0.15) is 26.0 Å². The second kappa shape index (κ2) is 5.57. The molecule has 0 saturated carbocycles. The highest BCUT2D eigenvalue weighted by Crippen LogP contribution is 2.22. The molecular weight excluding hydrogens is 236 g/mol. The van der Waals surface area contributed by atoms with Crippen LogP contribution < -0.4 is 5.32 Å². The predicted octanol–water partition coefficient (Wildman–Crippen LogP) is 3.77. The maximum atomic E-state index is 5.43.